The minimum Gasteiger partial charge on any atom is -0.389 e. The lowest BCUT2D eigenvalue weighted by Crippen LogP contribution is -2.15. The van der Waals surface area contributed by atoms with Crippen LogP contribution in [0.3, 0.4) is 0 Å². The fourth-order valence-electron chi connectivity index (χ4n) is 2.03. The van der Waals surface area contributed by atoms with Crippen LogP contribution < -0.4 is 11.1 Å². The van der Waals surface area contributed by atoms with Crippen molar-refractivity contribution in [3.8, 4) is 0 Å². The average molecular weight is 266 g/mol. The highest BCUT2D eigenvalue weighted by atomic mass is 32.2. The van der Waals surface area contributed by atoms with Crippen molar-refractivity contribution in [1.29, 1.82) is 0 Å². The minimum absolute atomic E-state index is 0.473. The van der Waals surface area contributed by atoms with E-state index in [1.807, 2.05) is 12.3 Å². The normalized spacial score (nSPS) is 22.2. The third-order valence-electron chi connectivity index (χ3n) is 3.32. The van der Waals surface area contributed by atoms with Crippen LogP contribution in [-0.2, 0) is 0 Å². The fraction of sp³-hybridized carbons (Fsp3) is 0.462. The van der Waals surface area contributed by atoms with Crippen LogP contribution in [0.2, 0.25) is 0 Å². The average Bonchev–Trinajstić information content (AvgIpc) is 3.01. The molecule has 92 valence electrons. The van der Waals surface area contributed by atoms with Gasteiger partial charge in [0.25, 0.3) is 0 Å². The molecule has 2 unspecified atom stereocenters. The number of nitrogens with one attached hydrogen (secondary N) is 1. The van der Waals surface area contributed by atoms with Gasteiger partial charge in [0.15, 0.2) is 0 Å². The molecule has 0 bridgehead atoms. The lowest BCUT2D eigenvalue weighted by molar-refractivity contribution is 0.787. The lowest BCUT2D eigenvalue weighted by Gasteiger charge is -2.14. The summed E-state index contributed by atoms with van der Waals surface area (Å²) in [5.74, 6) is 1.67. The van der Waals surface area contributed by atoms with Gasteiger partial charge in [0, 0.05) is 22.7 Å². The van der Waals surface area contributed by atoms with E-state index in [4.69, 9.17) is 18.0 Å². The van der Waals surface area contributed by atoms with Crippen molar-refractivity contribution in [1.82, 2.24) is 0 Å². The summed E-state index contributed by atoms with van der Waals surface area (Å²) in [6.07, 6.45) is 3.38. The summed E-state index contributed by atoms with van der Waals surface area (Å²) in [6, 6.07) is 6.16. The van der Waals surface area contributed by atoms with Crippen LogP contribution in [0.15, 0.2) is 23.1 Å². The zero-order valence-corrected chi connectivity index (χ0v) is 11.8. The second-order valence-electron chi connectivity index (χ2n) is 4.60. The highest BCUT2D eigenvalue weighted by Crippen LogP contribution is 2.38. The Balaban J connectivity index is 2.16. The van der Waals surface area contributed by atoms with Crippen molar-refractivity contribution >= 4 is 34.7 Å². The van der Waals surface area contributed by atoms with Crippen LogP contribution in [0.25, 0.3) is 0 Å². The van der Waals surface area contributed by atoms with Gasteiger partial charge in [-0.15, -0.1) is 11.8 Å². The number of benzene rings is 1. The summed E-state index contributed by atoms with van der Waals surface area (Å²) in [7, 11) is 0. The molecule has 0 saturated heterocycles. The highest BCUT2D eigenvalue weighted by molar-refractivity contribution is 7.98. The number of nitrogens with two attached hydrogens (primary N) is 1. The summed E-state index contributed by atoms with van der Waals surface area (Å²) in [5.41, 5.74) is 7.88. The molecule has 1 aromatic carbocycles. The first-order valence-electron chi connectivity index (χ1n) is 5.84. The number of thiocarbonyl (C=S) groups is 1. The molecule has 0 spiro atoms. The molecule has 2 nitrogen and oxygen atoms in total. The molecule has 0 heterocycles. The van der Waals surface area contributed by atoms with E-state index in [0.29, 0.717) is 4.99 Å². The van der Waals surface area contributed by atoms with Gasteiger partial charge in [0.05, 0.1) is 0 Å². The molecule has 17 heavy (non-hydrogen) atoms. The summed E-state index contributed by atoms with van der Waals surface area (Å²) < 4.78 is 0. The summed E-state index contributed by atoms with van der Waals surface area (Å²) in [6.45, 7) is 3.31. The molecule has 2 rings (SSSR count). The standard InChI is InChI=1S/C13H18N2S2/c1-8-6-9(8)7-15-10-4-3-5-11(17-2)12(10)13(14)16/h3-5,8-9,15H,6-7H2,1-2H3,(H2,14,16). The molecular weight excluding hydrogens is 248 g/mol. The van der Waals surface area contributed by atoms with Gasteiger partial charge in [0.1, 0.15) is 4.99 Å². The first kappa shape index (κ1) is 12.7. The SMILES string of the molecule is CSc1cccc(NCC2CC2C)c1C(N)=S. The van der Waals surface area contributed by atoms with Crippen molar-refractivity contribution in [2.24, 2.45) is 17.6 Å². The van der Waals surface area contributed by atoms with Crippen molar-refractivity contribution < 1.29 is 0 Å². The van der Waals surface area contributed by atoms with Crippen LogP contribution in [0.5, 0.6) is 0 Å². The van der Waals surface area contributed by atoms with E-state index < -0.39 is 0 Å². The highest BCUT2D eigenvalue weighted by Gasteiger charge is 2.32. The Bertz CT molecular complexity index is 431. The lowest BCUT2D eigenvalue weighted by atomic mass is 10.1. The van der Waals surface area contributed by atoms with E-state index in [1.165, 1.54) is 6.42 Å². The number of hydrogen-bond donors (Lipinski definition) is 2. The molecule has 0 amide bonds. The van der Waals surface area contributed by atoms with Gasteiger partial charge >= 0.3 is 0 Å². The second kappa shape index (κ2) is 5.27. The zero-order valence-electron chi connectivity index (χ0n) is 10.2. The molecule has 4 heteroatoms. The van der Waals surface area contributed by atoms with Gasteiger partial charge in [-0.25, -0.2) is 0 Å². The molecule has 0 radical (unpaired) electrons. The second-order valence-corrected chi connectivity index (χ2v) is 5.89. The molecule has 3 N–H and O–H groups in total. The molecule has 1 aliphatic rings. The molecule has 0 aromatic heterocycles. The van der Waals surface area contributed by atoms with E-state index >= 15 is 0 Å². The third-order valence-corrected chi connectivity index (χ3v) is 4.31. The first-order chi connectivity index (χ1) is 8.13. The van der Waals surface area contributed by atoms with E-state index in [1.54, 1.807) is 11.8 Å². The Morgan fingerprint density at radius 2 is 2.29 bits per heavy atom. The van der Waals surface area contributed by atoms with Gasteiger partial charge in [-0.2, -0.15) is 0 Å². The molecule has 1 aromatic rings. The molecule has 1 fully saturated rings. The van der Waals surface area contributed by atoms with Crippen LogP contribution in [0, 0.1) is 11.8 Å². The van der Waals surface area contributed by atoms with Crippen LogP contribution >= 0.6 is 24.0 Å². The van der Waals surface area contributed by atoms with Crippen molar-refractivity contribution in [3.63, 3.8) is 0 Å². The Morgan fingerprint density at radius 3 is 2.82 bits per heavy atom. The number of rotatable bonds is 5. The first-order valence-corrected chi connectivity index (χ1v) is 7.47. The maximum atomic E-state index is 5.82. The van der Waals surface area contributed by atoms with Crippen LogP contribution in [0.1, 0.15) is 18.9 Å². The van der Waals surface area contributed by atoms with E-state index in [2.05, 4.69) is 24.4 Å². The minimum atomic E-state index is 0.473. The quantitative estimate of drug-likeness (QED) is 0.634. The Labute approximate surface area is 112 Å². The maximum absolute atomic E-state index is 5.82. The summed E-state index contributed by atoms with van der Waals surface area (Å²) >= 11 is 6.83. The predicted molar refractivity (Wildman–Crippen MR) is 79.9 cm³/mol. The Kier molecular flexibility index (Phi) is 3.94. The van der Waals surface area contributed by atoms with Crippen molar-refractivity contribution in [3.05, 3.63) is 23.8 Å². The Hall–Kier alpha value is -0.740. The van der Waals surface area contributed by atoms with Gasteiger partial charge in [-0.05, 0) is 36.6 Å². The van der Waals surface area contributed by atoms with Gasteiger partial charge in [0.2, 0.25) is 0 Å². The van der Waals surface area contributed by atoms with Gasteiger partial charge in [-0.3, -0.25) is 0 Å². The van der Waals surface area contributed by atoms with E-state index in [-0.39, 0.29) is 0 Å². The fourth-order valence-corrected chi connectivity index (χ4v) is 2.95. The van der Waals surface area contributed by atoms with Gasteiger partial charge in [-0.1, -0.05) is 25.2 Å². The van der Waals surface area contributed by atoms with Crippen LogP contribution in [-0.4, -0.2) is 17.8 Å². The van der Waals surface area contributed by atoms with Crippen molar-refractivity contribution in [2.45, 2.75) is 18.2 Å². The molecule has 0 aliphatic heterocycles. The van der Waals surface area contributed by atoms with Crippen molar-refractivity contribution in [2.75, 3.05) is 18.1 Å². The number of anilines is 1. The molecule has 2 atom stereocenters. The van der Waals surface area contributed by atoms with Crippen LogP contribution in [0.4, 0.5) is 5.69 Å². The molecular formula is C13H18N2S2. The zero-order chi connectivity index (χ0) is 12.4. The van der Waals surface area contributed by atoms with E-state index in [9.17, 15) is 0 Å². The summed E-state index contributed by atoms with van der Waals surface area (Å²) in [4.78, 5) is 1.62. The third kappa shape index (κ3) is 2.93. The largest absolute Gasteiger partial charge is 0.389 e. The molecule has 1 aliphatic carbocycles. The monoisotopic (exact) mass is 266 g/mol. The topological polar surface area (TPSA) is 38.0 Å². The van der Waals surface area contributed by atoms with Gasteiger partial charge < -0.3 is 11.1 Å². The number of thioether (sulfide) groups is 1. The predicted octanol–water partition coefficient (Wildman–Crippen LogP) is 3.11. The Morgan fingerprint density at radius 1 is 1.59 bits per heavy atom. The van der Waals surface area contributed by atoms with E-state index in [0.717, 1.165) is 34.5 Å². The number of hydrogen-bond acceptors (Lipinski definition) is 3. The summed E-state index contributed by atoms with van der Waals surface area (Å²) in [5, 5.41) is 3.48. The maximum Gasteiger partial charge on any atom is 0.107 e. The molecule has 1 saturated carbocycles. The smallest absolute Gasteiger partial charge is 0.107 e.